The molecule has 0 spiro atoms. The molecular weight excluding hydrogens is 531 g/mol. The molecule has 3 heterocycles. The fourth-order valence-electron chi connectivity index (χ4n) is 4.96. The Kier molecular flexibility index (Phi) is 7.28. The van der Waals surface area contributed by atoms with Gasteiger partial charge in [0.1, 0.15) is 5.69 Å². The fraction of sp³-hybridized carbons (Fsp3) is 0.250. The van der Waals surface area contributed by atoms with Gasteiger partial charge < -0.3 is 24.2 Å². The highest BCUT2D eigenvalue weighted by Gasteiger charge is 2.25. The molecule has 5 aromatic rings. The molecule has 9 heteroatoms. The van der Waals surface area contributed by atoms with E-state index >= 15 is 0 Å². The predicted molar refractivity (Wildman–Crippen MR) is 153 cm³/mol. The van der Waals surface area contributed by atoms with Crippen LogP contribution in [0.15, 0.2) is 48.9 Å². The smallest absolute Gasteiger partial charge is 0.355 e. The molecule has 6 nitrogen and oxygen atoms in total. The van der Waals surface area contributed by atoms with Gasteiger partial charge in [-0.2, -0.15) is 0 Å². The van der Waals surface area contributed by atoms with E-state index in [0.29, 0.717) is 20.8 Å². The lowest BCUT2D eigenvalue weighted by atomic mass is 9.96. The van der Waals surface area contributed by atoms with E-state index in [1.807, 2.05) is 36.7 Å². The minimum Gasteiger partial charge on any atom is -0.464 e. The van der Waals surface area contributed by atoms with Crippen LogP contribution < -0.4 is 0 Å². The molecular formula is C28H27Cl3N4O2. The van der Waals surface area contributed by atoms with Crippen LogP contribution in [0.4, 0.5) is 0 Å². The van der Waals surface area contributed by atoms with Gasteiger partial charge in [-0.3, -0.25) is 0 Å². The number of esters is 1. The molecule has 0 unspecified atom stereocenters. The Morgan fingerprint density at radius 2 is 1.68 bits per heavy atom. The van der Waals surface area contributed by atoms with Crippen LogP contribution in [0.5, 0.6) is 0 Å². The molecule has 2 aromatic carbocycles. The van der Waals surface area contributed by atoms with Gasteiger partial charge in [-0.25, -0.2) is 4.79 Å². The third-order valence-electron chi connectivity index (χ3n) is 6.95. The average molecular weight is 558 g/mol. The number of aromatic amines is 2. The monoisotopic (exact) mass is 556 g/mol. The van der Waals surface area contributed by atoms with Crippen molar-refractivity contribution in [2.45, 2.75) is 20.4 Å². The normalized spacial score (nSPS) is 11.8. The molecule has 0 bridgehead atoms. The van der Waals surface area contributed by atoms with Crippen LogP contribution in [0.25, 0.3) is 44.1 Å². The minimum absolute atomic E-state index is 0.370. The molecule has 37 heavy (non-hydrogen) atoms. The summed E-state index contributed by atoms with van der Waals surface area (Å²) in [5.41, 5.74) is 5.63. The first-order valence-corrected chi connectivity index (χ1v) is 13.3. The molecule has 0 aliphatic heterocycles. The molecule has 0 radical (unpaired) electrons. The molecule has 5 rings (SSSR count). The Hall–Kier alpha value is -2.90. The lowest BCUT2D eigenvalue weighted by Gasteiger charge is -2.18. The van der Waals surface area contributed by atoms with Crippen molar-refractivity contribution in [3.63, 3.8) is 0 Å². The summed E-state index contributed by atoms with van der Waals surface area (Å²) < 4.78 is 7.37. The summed E-state index contributed by atoms with van der Waals surface area (Å²) in [5.74, 6) is -0.451. The minimum atomic E-state index is -0.451. The second kappa shape index (κ2) is 10.5. The van der Waals surface area contributed by atoms with Crippen molar-refractivity contribution >= 4 is 62.6 Å². The van der Waals surface area contributed by atoms with Gasteiger partial charge in [-0.1, -0.05) is 48.7 Å². The number of carbonyl (C=O) groups is 1. The zero-order valence-electron chi connectivity index (χ0n) is 20.8. The maximum absolute atomic E-state index is 12.9. The number of H-pyrrole nitrogens is 2. The van der Waals surface area contributed by atoms with Crippen LogP contribution in [-0.4, -0.2) is 52.1 Å². The topological polar surface area (TPSA) is 66.0 Å². The van der Waals surface area contributed by atoms with Gasteiger partial charge in [0.2, 0.25) is 0 Å². The zero-order chi connectivity index (χ0) is 26.3. The van der Waals surface area contributed by atoms with Gasteiger partial charge in [0, 0.05) is 80.8 Å². The van der Waals surface area contributed by atoms with Crippen LogP contribution in [0.2, 0.25) is 15.1 Å². The lowest BCUT2D eigenvalue weighted by molar-refractivity contribution is 0.0596. The number of carbonyl (C=O) groups excluding carboxylic acids is 1. The maximum Gasteiger partial charge on any atom is 0.355 e. The third-order valence-corrected chi connectivity index (χ3v) is 7.90. The number of methoxy groups -OCH3 is 1. The van der Waals surface area contributed by atoms with Crippen molar-refractivity contribution in [2.24, 2.45) is 0 Å². The molecule has 0 fully saturated rings. The number of rotatable bonds is 8. The number of likely N-dealkylation sites (N-methyl/N-ethyl adjacent to an activating group) is 1. The van der Waals surface area contributed by atoms with Crippen LogP contribution in [-0.2, 0) is 11.3 Å². The lowest BCUT2D eigenvalue weighted by Crippen LogP contribution is -2.26. The number of ether oxygens (including phenoxy) is 1. The second-order valence-electron chi connectivity index (χ2n) is 8.88. The Balaban J connectivity index is 1.75. The van der Waals surface area contributed by atoms with Crippen molar-refractivity contribution in [1.82, 2.24) is 19.4 Å². The summed E-state index contributed by atoms with van der Waals surface area (Å²) in [6.07, 6.45) is 5.83. The largest absolute Gasteiger partial charge is 0.464 e. The number of fused-ring (bicyclic) bond motifs is 2. The fourth-order valence-corrected chi connectivity index (χ4v) is 5.46. The van der Waals surface area contributed by atoms with Gasteiger partial charge in [0.25, 0.3) is 0 Å². The first-order chi connectivity index (χ1) is 17.9. The quantitative estimate of drug-likeness (QED) is 0.191. The number of nitrogens with zero attached hydrogens (tertiary/aromatic N) is 2. The predicted octanol–water partition coefficient (Wildman–Crippen LogP) is 7.87. The first-order valence-electron chi connectivity index (χ1n) is 12.1. The standard InChI is InChI=1S/C28H27Cl3N4O2/c1-4-34(5-2)8-9-35-15-21(18-10-16(29)6-7-25(18)35)26-20(14-33-27(26)28(36)37-3)19-13-32-24-12-23(31)22(30)11-17(19)24/h6-7,10-15,32-33H,4-5,8-9H2,1-3H3. The molecule has 0 saturated carbocycles. The summed E-state index contributed by atoms with van der Waals surface area (Å²) in [6, 6.07) is 9.51. The molecule has 0 aliphatic carbocycles. The molecule has 0 amide bonds. The molecule has 0 atom stereocenters. The highest BCUT2D eigenvalue weighted by molar-refractivity contribution is 6.43. The Morgan fingerprint density at radius 3 is 2.41 bits per heavy atom. The number of halogens is 3. The number of hydrogen-bond donors (Lipinski definition) is 2. The number of benzene rings is 2. The van der Waals surface area contributed by atoms with Crippen LogP contribution >= 0.6 is 34.8 Å². The van der Waals surface area contributed by atoms with Crippen molar-refractivity contribution in [2.75, 3.05) is 26.7 Å². The number of nitrogens with one attached hydrogen (secondary N) is 2. The summed E-state index contributed by atoms with van der Waals surface area (Å²) in [6.45, 7) is 8.00. The van der Waals surface area contributed by atoms with E-state index in [1.165, 1.54) is 7.11 Å². The van der Waals surface area contributed by atoms with E-state index in [1.54, 1.807) is 6.07 Å². The van der Waals surface area contributed by atoms with E-state index < -0.39 is 5.97 Å². The molecule has 3 aromatic heterocycles. The average Bonchev–Trinajstić information content (AvgIpc) is 3.59. The zero-order valence-corrected chi connectivity index (χ0v) is 23.1. The van der Waals surface area contributed by atoms with Crippen molar-refractivity contribution in [3.05, 3.63) is 69.7 Å². The highest BCUT2D eigenvalue weighted by atomic mass is 35.5. The summed E-state index contributed by atoms with van der Waals surface area (Å²) >= 11 is 19.1. The van der Waals surface area contributed by atoms with Gasteiger partial charge in [-0.05, 0) is 43.4 Å². The van der Waals surface area contributed by atoms with E-state index in [2.05, 4.69) is 39.5 Å². The van der Waals surface area contributed by atoms with Crippen LogP contribution in [0.3, 0.4) is 0 Å². The summed E-state index contributed by atoms with van der Waals surface area (Å²) in [5, 5.41) is 3.41. The van der Waals surface area contributed by atoms with E-state index in [4.69, 9.17) is 39.5 Å². The molecule has 0 aliphatic rings. The van der Waals surface area contributed by atoms with Gasteiger partial charge in [0.15, 0.2) is 0 Å². The van der Waals surface area contributed by atoms with E-state index in [0.717, 1.165) is 70.2 Å². The molecule has 192 valence electrons. The third kappa shape index (κ3) is 4.64. The Labute approximate surface area is 230 Å². The van der Waals surface area contributed by atoms with Gasteiger partial charge >= 0.3 is 5.97 Å². The maximum atomic E-state index is 12.9. The van der Waals surface area contributed by atoms with Crippen LogP contribution in [0, 0.1) is 0 Å². The van der Waals surface area contributed by atoms with Crippen molar-refractivity contribution in [3.8, 4) is 22.3 Å². The summed E-state index contributed by atoms with van der Waals surface area (Å²) in [4.78, 5) is 21.7. The van der Waals surface area contributed by atoms with Gasteiger partial charge in [0.05, 0.1) is 17.2 Å². The van der Waals surface area contributed by atoms with E-state index in [-0.39, 0.29) is 0 Å². The highest BCUT2D eigenvalue weighted by Crippen LogP contribution is 2.43. The van der Waals surface area contributed by atoms with E-state index in [9.17, 15) is 4.79 Å². The summed E-state index contributed by atoms with van der Waals surface area (Å²) in [7, 11) is 1.38. The van der Waals surface area contributed by atoms with Crippen molar-refractivity contribution < 1.29 is 9.53 Å². The van der Waals surface area contributed by atoms with Crippen LogP contribution in [0.1, 0.15) is 24.3 Å². The number of hydrogen-bond acceptors (Lipinski definition) is 3. The molecule has 2 N–H and O–H groups in total. The molecule has 0 saturated heterocycles. The second-order valence-corrected chi connectivity index (χ2v) is 10.1. The number of aromatic nitrogens is 3. The SMILES string of the molecule is CCN(CC)CCn1cc(-c2c(-c3c[nH]c4cc(Cl)c(Cl)cc34)c[nH]c2C(=O)OC)c2cc(Cl)ccc21. The Bertz CT molecular complexity index is 1610. The first kappa shape index (κ1) is 25.7. The van der Waals surface area contributed by atoms with Crippen molar-refractivity contribution in [1.29, 1.82) is 0 Å². The van der Waals surface area contributed by atoms with Gasteiger partial charge in [-0.15, -0.1) is 0 Å². The Morgan fingerprint density at radius 1 is 0.946 bits per heavy atom.